The number of hydrogen-bond donors (Lipinski definition) is 3. The quantitative estimate of drug-likeness (QED) is 0.534. The number of aromatic nitrogens is 2. The standard InChI is InChI=1S/C18H19N5O6S/c1-9-11(16(25)21-17(26)20-9)5-15-22-23-18(29-15)30-7-14(24)19-6-10-2-3-12-13(4-10)28-8-27-12/h2-4,9,11H,5-8H2,1H3,(H,19,24)(H2,20,21,25,26). The second-order valence-electron chi connectivity index (χ2n) is 6.78. The molecule has 1 saturated heterocycles. The van der Waals surface area contributed by atoms with Crippen LogP contribution in [-0.2, 0) is 22.6 Å². The van der Waals surface area contributed by atoms with Gasteiger partial charge in [0.15, 0.2) is 11.5 Å². The van der Waals surface area contributed by atoms with Gasteiger partial charge in [0.05, 0.1) is 11.7 Å². The first kappa shape index (κ1) is 20.0. The Balaban J connectivity index is 1.23. The second-order valence-corrected chi connectivity index (χ2v) is 7.70. The second kappa shape index (κ2) is 8.61. The maximum atomic E-state index is 12.1. The highest BCUT2D eigenvalue weighted by molar-refractivity contribution is 7.99. The van der Waals surface area contributed by atoms with E-state index in [0.717, 1.165) is 17.3 Å². The Morgan fingerprint density at radius 1 is 1.27 bits per heavy atom. The van der Waals surface area contributed by atoms with E-state index in [0.29, 0.717) is 18.0 Å². The SMILES string of the molecule is CC1NC(=O)NC(=O)C1Cc1nnc(SCC(=O)NCc2ccc3c(c2)OCO3)o1. The summed E-state index contributed by atoms with van der Waals surface area (Å²) in [6.45, 7) is 2.29. The highest BCUT2D eigenvalue weighted by atomic mass is 32.2. The van der Waals surface area contributed by atoms with Crippen molar-refractivity contribution in [1.82, 2.24) is 26.1 Å². The average Bonchev–Trinajstić information content (AvgIpc) is 3.36. The Hall–Kier alpha value is -3.28. The molecule has 2 unspecified atom stereocenters. The third-order valence-corrected chi connectivity index (χ3v) is 5.45. The van der Waals surface area contributed by atoms with Crippen LogP contribution in [-0.4, -0.2) is 46.6 Å². The summed E-state index contributed by atoms with van der Waals surface area (Å²) in [7, 11) is 0. The summed E-state index contributed by atoms with van der Waals surface area (Å²) < 4.78 is 16.1. The Bertz CT molecular complexity index is 980. The highest BCUT2D eigenvalue weighted by Gasteiger charge is 2.34. The number of benzene rings is 1. The Morgan fingerprint density at radius 3 is 2.93 bits per heavy atom. The van der Waals surface area contributed by atoms with Gasteiger partial charge in [-0.3, -0.25) is 14.9 Å². The van der Waals surface area contributed by atoms with Crippen LogP contribution in [0.4, 0.5) is 4.79 Å². The van der Waals surface area contributed by atoms with Crippen LogP contribution in [0.15, 0.2) is 27.8 Å². The molecule has 11 nitrogen and oxygen atoms in total. The molecule has 0 aliphatic carbocycles. The summed E-state index contributed by atoms with van der Waals surface area (Å²) in [6, 6.07) is 4.62. The predicted molar refractivity (Wildman–Crippen MR) is 103 cm³/mol. The molecule has 4 rings (SSSR count). The Kier molecular flexibility index (Phi) is 5.74. The van der Waals surface area contributed by atoms with E-state index in [-0.39, 0.29) is 47.9 Å². The molecule has 4 amide bonds. The van der Waals surface area contributed by atoms with Gasteiger partial charge >= 0.3 is 6.03 Å². The Morgan fingerprint density at radius 2 is 2.10 bits per heavy atom. The third-order valence-electron chi connectivity index (χ3n) is 4.63. The van der Waals surface area contributed by atoms with Crippen molar-refractivity contribution in [1.29, 1.82) is 0 Å². The van der Waals surface area contributed by atoms with Crippen LogP contribution in [0, 0.1) is 5.92 Å². The number of rotatable bonds is 7. The molecule has 158 valence electrons. The van der Waals surface area contributed by atoms with E-state index < -0.39 is 11.9 Å². The molecule has 1 fully saturated rings. The van der Waals surface area contributed by atoms with Gasteiger partial charge in [0.25, 0.3) is 5.22 Å². The van der Waals surface area contributed by atoms with E-state index in [9.17, 15) is 14.4 Å². The summed E-state index contributed by atoms with van der Waals surface area (Å²) >= 11 is 1.10. The van der Waals surface area contributed by atoms with Crippen molar-refractivity contribution >= 4 is 29.6 Å². The van der Waals surface area contributed by atoms with Crippen LogP contribution in [0.2, 0.25) is 0 Å². The number of fused-ring (bicyclic) bond motifs is 1. The first-order valence-corrected chi connectivity index (χ1v) is 10.2. The summed E-state index contributed by atoms with van der Waals surface area (Å²) in [5.74, 6) is 0.627. The largest absolute Gasteiger partial charge is 0.454 e. The maximum absolute atomic E-state index is 12.1. The lowest BCUT2D eigenvalue weighted by Crippen LogP contribution is -2.57. The third kappa shape index (κ3) is 4.64. The summed E-state index contributed by atoms with van der Waals surface area (Å²) in [4.78, 5) is 35.3. The minimum Gasteiger partial charge on any atom is -0.454 e. The molecule has 1 aromatic heterocycles. The van der Waals surface area contributed by atoms with Gasteiger partial charge in [0.1, 0.15) is 0 Å². The number of imide groups is 1. The number of nitrogens with zero attached hydrogens (tertiary/aromatic N) is 2. The van der Waals surface area contributed by atoms with E-state index in [1.54, 1.807) is 13.0 Å². The molecule has 2 aliphatic rings. The number of urea groups is 1. The van der Waals surface area contributed by atoms with Gasteiger partial charge in [-0.15, -0.1) is 10.2 Å². The van der Waals surface area contributed by atoms with Crippen molar-refractivity contribution in [3.8, 4) is 11.5 Å². The van der Waals surface area contributed by atoms with Gasteiger partial charge in [-0.1, -0.05) is 17.8 Å². The molecule has 0 radical (unpaired) electrons. The summed E-state index contributed by atoms with van der Waals surface area (Å²) in [5.41, 5.74) is 0.893. The molecular weight excluding hydrogens is 414 g/mol. The van der Waals surface area contributed by atoms with Gasteiger partial charge in [0.2, 0.25) is 24.5 Å². The van der Waals surface area contributed by atoms with Crippen molar-refractivity contribution in [2.24, 2.45) is 5.92 Å². The molecule has 2 aliphatic heterocycles. The van der Waals surface area contributed by atoms with E-state index in [1.807, 2.05) is 12.1 Å². The molecule has 2 aromatic rings. The zero-order valence-electron chi connectivity index (χ0n) is 16.0. The van der Waals surface area contributed by atoms with Gasteiger partial charge in [-0.25, -0.2) is 4.79 Å². The van der Waals surface area contributed by atoms with Crippen LogP contribution in [0.1, 0.15) is 18.4 Å². The molecule has 0 spiro atoms. The molecule has 3 N–H and O–H groups in total. The Labute approximate surface area is 175 Å². The number of thioether (sulfide) groups is 1. The fourth-order valence-corrected chi connectivity index (χ4v) is 3.65. The first-order chi connectivity index (χ1) is 14.5. The van der Waals surface area contributed by atoms with Crippen molar-refractivity contribution < 1.29 is 28.3 Å². The van der Waals surface area contributed by atoms with Crippen LogP contribution in [0.3, 0.4) is 0 Å². The normalized spacial score (nSPS) is 19.9. The monoisotopic (exact) mass is 433 g/mol. The predicted octanol–water partition coefficient (Wildman–Crippen LogP) is 0.593. The number of nitrogens with one attached hydrogen (secondary N) is 3. The van der Waals surface area contributed by atoms with Gasteiger partial charge in [-0.2, -0.15) is 0 Å². The average molecular weight is 433 g/mol. The number of ether oxygens (including phenoxy) is 2. The van der Waals surface area contributed by atoms with Crippen molar-refractivity contribution in [3.63, 3.8) is 0 Å². The number of carbonyl (C=O) groups is 3. The van der Waals surface area contributed by atoms with Gasteiger partial charge in [-0.05, 0) is 24.6 Å². The molecule has 0 bridgehead atoms. The van der Waals surface area contributed by atoms with Crippen molar-refractivity contribution in [2.45, 2.75) is 31.2 Å². The molecule has 3 heterocycles. The lowest BCUT2D eigenvalue weighted by molar-refractivity contribution is -0.125. The maximum Gasteiger partial charge on any atom is 0.321 e. The summed E-state index contributed by atoms with van der Waals surface area (Å²) in [6.07, 6.45) is 0.192. The van der Waals surface area contributed by atoms with E-state index >= 15 is 0 Å². The van der Waals surface area contributed by atoms with Crippen molar-refractivity contribution in [2.75, 3.05) is 12.5 Å². The fraction of sp³-hybridized carbons (Fsp3) is 0.389. The topological polar surface area (TPSA) is 145 Å². The fourth-order valence-electron chi connectivity index (χ4n) is 3.04. The molecule has 2 atom stereocenters. The number of carbonyl (C=O) groups excluding carboxylic acids is 3. The van der Waals surface area contributed by atoms with Gasteiger partial charge in [0, 0.05) is 19.0 Å². The van der Waals surface area contributed by atoms with Crippen LogP contribution in [0.25, 0.3) is 0 Å². The molecule has 0 saturated carbocycles. The number of hydrogen-bond acceptors (Lipinski definition) is 9. The molecule has 12 heteroatoms. The summed E-state index contributed by atoms with van der Waals surface area (Å²) in [5, 5.41) is 15.7. The molecule has 30 heavy (non-hydrogen) atoms. The zero-order valence-corrected chi connectivity index (χ0v) is 16.8. The minimum absolute atomic E-state index is 0.0998. The van der Waals surface area contributed by atoms with E-state index in [1.165, 1.54) is 0 Å². The number of amides is 4. The smallest absolute Gasteiger partial charge is 0.321 e. The minimum atomic E-state index is -0.516. The van der Waals surface area contributed by atoms with E-state index in [2.05, 4.69) is 26.1 Å². The van der Waals surface area contributed by atoms with Crippen molar-refractivity contribution in [3.05, 3.63) is 29.7 Å². The zero-order chi connectivity index (χ0) is 21.1. The lowest BCUT2D eigenvalue weighted by Gasteiger charge is -2.27. The molecule has 1 aromatic carbocycles. The van der Waals surface area contributed by atoms with Gasteiger partial charge < -0.3 is 24.5 Å². The van der Waals surface area contributed by atoms with Crippen LogP contribution >= 0.6 is 11.8 Å². The van der Waals surface area contributed by atoms with Crippen LogP contribution < -0.4 is 25.4 Å². The first-order valence-electron chi connectivity index (χ1n) is 9.19. The van der Waals surface area contributed by atoms with E-state index in [4.69, 9.17) is 13.9 Å². The van der Waals surface area contributed by atoms with Crippen LogP contribution in [0.5, 0.6) is 11.5 Å². The molecular formula is C18H19N5O6S. The lowest BCUT2D eigenvalue weighted by atomic mass is 9.95. The highest BCUT2D eigenvalue weighted by Crippen LogP contribution is 2.32.